The Labute approximate surface area is 264 Å². The Hall–Kier alpha value is -5.63. The topological polar surface area (TPSA) is 138 Å². The van der Waals surface area contributed by atoms with Gasteiger partial charge in [-0.3, -0.25) is 19.4 Å². The van der Waals surface area contributed by atoms with Gasteiger partial charge in [0.25, 0.3) is 11.8 Å². The van der Waals surface area contributed by atoms with Crippen LogP contribution in [0.3, 0.4) is 0 Å². The molecule has 0 spiro atoms. The van der Waals surface area contributed by atoms with Crippen LogP contribution in [0.2, 0.25) is 0 Å². The van der Waals surface area contributed by atoms with Crippen molar-refractivity contribution < 1.29 is 27.9 Å². The number of hydrogen-bond acceptors (Lipinski definition) is 6. The largest absolute Gasteiger partial charge is 0.493 e. The summed E-state index contributed by atoms with van der Waals surface area (Å²) >= 11 is 0. The van der Waals surface area contributed by atoms with E-state index in [1.807, 2.05) is 42.5 Å². The number of carbonyl (C=O) groups excluding carboxylic acids is 3. The summed E-state index contributed by atoms with van der Waals surface area (Å²) in [7, 11) is 0. The lowest BCUT2D eigenvalue weighted by atomic mass is 9.97. The summed E-state index contributed by atoms with van der Waals surface area (Å²) in [5, 5.41) is 13.8. The molecule has 0 bridgehead atoms. The van der Waals surface area contributed by atoms with Gasteiger partial charge in [-0.25, -0.2) is 8.78 Å². The van der Waals surface area contributed by atoms with Gasteiger partial charge in [0.1, 0.15) is 18.4 Å². The third kappa shape index (κ3) is 7.90. The summed E-state index contributed by atoms with van der Waals surface area (Å²) in [5.41, 5.74) is 8.15. The van der Waals surface area contributed by atoms with Crippen molar-refractivity contribution in [2.45, 2.75) is 24.8 Å². The Kier molecular flexibility index (Phi) is 9.67. The Balaban J connectivity index is 1.16. The summed E-state index contributed by atoms with van der Waals surface area (Å²) in [4.78, 5) is 42.4. The molecule has 46 heavy (non-hydrogen) atoms. The first kappa shape index (κ1) is 31.8. The van der Waals surface area contributed by atoms with E-state index in [4.69, 9.17) is 15.7 Å². The lowest BCUT2D eigenvalue weighted by molar-refractivity contribution is -0.131. The van der Waals surface area contributed by atoms with E-state index >= 15 is 0 Å². The van der Waals surface area contributed by atoms with Gasteiger partial charge in [0, 0.05) is 29.9 Å². The number of likely N-dealkylation sites (tertiary alicyclic amines) is 1. The summed E-state index contributed by atoms with van der Waals surface area (Å²) in [5.74, 6) is -4.90. The molecule has 1 aliphatic heterocycles. The van der Waals surface area contributed by atoms with Crippen LogP contribution in [0.1, 0.15) is 33.5 Å². The molecule has 2 heterocycles. The van der Waals surface area contributed by atoms with E-state index < -0.39 is 55.1 Å². The molecule has 2 unspecified atom stereocenters. The van der Waals surface area contributed by atoms with Crippen molar-refractivity contribution in [2.24, 2.45) is 11.7 Å². The molecule has 0 radical (unpaired) electrons. The normalized spacial score (nSPS) is 16.2. The Morgan fingerprint density at radius 2 is 1.85 bits per heavy atom. The minimum atomic E-state index is -3.14. The van der Waals surface area contributed by atoms with Gasteiger partial charge in [0.05, 0.1) is 25.1 Å². The smallest absolute Gasteiger partial charge is 0.268 e. The Morgan fingerprint density at radius 3 is 2.59 bits per heavy atom. The van der Waals surface area contributed by atoms with Crippen LogP contribution in [0.25, 0.3) is 22.9 Å². The van der Waals surface area contributed by atoms with Crippen molar-refractivity contribution in [3.05, 3.63) is 107 Å². The number of hydrogen-bond donors (Lipinski definition) is 2. The number of benzene rings is 3. The quantitative estimate of drug-likeness (QED) is 0.250. The lowest BCUT2D eigenvalue weighted by Crippen LogP contribution is -2.43. The molecule has 4 aromatic rings. The first-order valence-corrected chi connectivity index (χ1v) is 14.6. The van der Waals surface area contributed by atoms with Crippen molar-refractivity contribution >= 4 is 40.6 Å². The Morgan fingerprint density at radius 1 is 1.09 bits per heavy atom. The average molecular weight is 624 g/mol. The van der Waals surface area contributed by atoms with Gasteiger partial charge in [0.15, 0.2) is 0 Å². The predicted octanol–water partition coefficient (Wildman–Crippen LogP) is 4.62. The van der Waals surface area contributed by atoms with Crippen LogP contribution in [0.15, 0.2) is 85.2 Å². The van der Waals surface area contributed by atoms with E-state index in [0.717, 1.165) is 26.8 Å². The number of nitrogens with one attached hydrogen (secondary N) is 1. The third-order valence-electron chi connectivity index (χ3n) is 7.72. The monoisotopic (exact) mass is 623 g/mol. The molecular formula is C35H31F2N5O4. The van der Waals surface area contributed by atoms with Crippen LogP contribution in [0.4, 0.5) is 8.78 Å². The second-order valence-corrected chi connectivity index (χ2v) is 11.1. The molecule has 1 aromatic heterocycles. The van der Waals surface area contributed by atoms with Gasteiger partial charge in [-0.05, 0) is 46.5 Å². The number of pyridine rings is 1. The summed E-state index contributed by atoms with van der Waals surface area (Å²) in [6.45, 7) is -1.27. The molecule has 0 aliphatic carbocycles. The first-order valence-electron chi connectivity index (χ1n) is 14.6. The van der Waals surface area contributed by atoms with Crippen molar-refractivity contribution in [3.8, 4) is 11.8 Å². The summed E-state index contributed by atoms with van der Waals surface area (Å²) in [6, 6.07) is 23.1. The minimum absolute atomic E-state index is 0.116. The van der Waals surface area contributed by atoms with Gasteiger partial charge < -0.3 is 20.7 Å². The van der Waals surface area contributed by atoms with E-state index in [1.54, 1.807) is 42.5 Å². The van der Waals surface area contributed by atoms with E-state index in [0.29, 0.717) is 17.7 Å². The van der Waals surface area contributed by atoms with Crippen LogP contribution < -0.4 is 15.8 Å². The fourth-order valence-electron chi connectivity index (χ4n) is 5.24. The second kappa shape index (κ2) is 14.0. The zero-order chi connectivity index (χ0) is 32.7. The summed E-state index contributed by atoms with van der Waals surface area (Å²) < 4.78 is 33.3. The molecular weight excluding hydrogens is 592 g/mol. The van der Waals surface area contributed by atoms with Crippen LogP contribution in [-0.2, 0) is 16.0 Å². The number of fused-ring (bicyclic) bond motifs is 1. The molecule has 234 valence electrons. The van der Waals surface area contributed by atoms with Gasteiger partial charge in [-0.15, -0.1) is 0 Å². The highest BCUT2D eigenvalue weighted by Gasteiger charge is 2.47. The highest BCUT2D eigenvalue weighted by molar-refractivity contribution is 6.00. The number of nitrogens with two attached hydrogens (primary N) is 1. The van der Waals surface area contributed by atoms with E-state index in [-0.39, 0.29) is 12.2 Å². The number of nitriles is 1. The number of halogens is 2. The summed E-state index contributed by atoms with van der Waals surface area (Å²) in [6.07, 6.45) is 6.07. The predicted molar refractivity (Wildman–Crippen MR) is 168 cm³/mol. The first-order chi connectivity index (χ1) is 22.1. The molecule has 1 aliphatic rings. The van der Waals surface area contributed by atoms with Gasteiger partial charge >= 0.3 is 0 Å². The molecule has 3 aromatic carbocycles. The van der Waals surface area contributed by atoms with Crippen LogP contribution in [0.5, 0.6) is 5.75 Å². The molecule has 1 fully saturated rings. The van der Waals surface area contributed by atoms with E-state index in [1.165, 1.54) is 18.5 Å². The highest BCUT2D eigenvalue weighted by Crippen LogP contribution is 2.31. The fraction of sp³-hybridized carbons (Fsp3) is 0.229. The number of amides is 3. The number of rotatable bonds is 11. The maximum atomic E-state index is 13.7. The molecule has 0 saturated carbocycles. The van der Waals surface area contributed by atoms with Crippen molar-refractivity contribution in [2.75, 3.05) is 19.7 Å². The third-order valence-corrected chi connectivity index (χ3v) is 7.72. The number of alkyl halides is 2. The zero-order valence-corrected chi connectivity index (χ0v) is 24.7. The van der Waals surface area contributed by atoms with Crippen LogP contribution in [-0.4, -0.2) is 59.3 Å². The number of aromatic nitrogens is 1. The maximum Gasteiger partial charge on any atom is 0.268 e. The number of ether oxygens (including phenoxy) is 1. The fourth-order valence-corrected chi connectivity index (χ4v) is 5.24. The lowest BCUT2D eigenvalue weighted by Gasteiger charge is -2.19. The number of primary amides is 1. The molecule has 2 atom stereocenters. The molecule has 11 heteroatoms. The zero-order valence-electron chi connectivity index (χ0n) is 24.7. The van der Waals surface area contributed by atoms with E-state index in [2.05, 4.69) is 10.3 Å². The standard InChI is InChI=1S/C35H31F2N5O4/c36-35(37)17-29(18-38)42(22-35)32(43)20-41-34(45)31-13-14-40-19-27(31)10-5-23-7-11-30(12-8-23)46-21-28(33(39)44)16-24-6-9-25-3-1-2-4-26(25)15-24/h1-15,19,28-29H,16-17,20-22H2,(H2,39,44)(H,41,45)/b10-5+. The molecule has 5 rings (SSSR count). The van der Waals surface area contributed by atoms with Gasteiger partial charge in [0.2, 0.25) is 11.8 Å². The van der Waals surface area contributed by atoms with Gasteiger partial charge in [-0.1, -0.05) is 66.7 Å². The van der Waals surface area contributed by atoms with E-state index in [9.17, 15) is 23.2 Å². The van der Waals surface area contributed by atoms with Crippen molar-refractivity contribution in [3.63, 3.8) is 0 Å². The van der Waals surface area contributed by atoms with Gasteiger partial charge in [-0.2, -0.15) is 5.26 Å². The minimum Gasteiger partial charge on any atom is -0.493 e. The Bertz CT molecular complexity index is 1820. The number of nitrogens with zero attached hydrogens (tertiary/aromatic N) is 3. The molecule has 3 N–H and O–H groups in total. The average Bonchev–Trinajstić information content (AvgIpc) is 3.39. The SMILES string of the molecule is N#CC1CC(F)(F)CN1C(=O)CNC(=O)c1ccncc1/C=C/c1ccc(OCC(Cc2ccc3ccccc3c2)C(N)=O)cc1. The molecule has 9 nitrogen and oxygen atoms in total. The highest BCUT2D eigenvalue weighted by atomic mass is 19.3. The second-order valence-electron chi connectivity index (χ2n) is 11.1. The van der Waals surface area contributed by atoms with Crippen LogP contribution in [0, 0.1) is 17.2 Å². The van der Waals surface area contributed by atoms with Crippen LogP contribution >= 0.6 is 0 Å². The maximum absolute atomic E-state index is 13.7. The van der Waals surface area contributed by atoms with Crippen molar-refractivity contribution in [1.29, 1.82) is 5.26 Å². The molecule has 1 saturated heterocycles. The number of carbonyl (C=O) groups is 3. The van der Waals surface area contributed by atoms with Crippen molar-refractivity contribution in [1.82, 2.24) is 15.2 Å². The molecule has 3 amide bonds.